The van der Waals surface area contributed by atoms with Gasteiger partial charge in [-0.2, -0.15) is 0 Å². The second-order valence-electron chi connectivity index (χ2n) is 6.50. The van der Waals surface area contributed by atoms with Crippen LogP contribution in [-0.4, -0.2) is 22.3 Å². The van der Waals surface area contributed by atoms with Crippen LogP contribution in [0.25, 0.3) is 0 Å². The first-order valence-corrected chi connectivity index (χ1v) is 8.17. The van der Waals surface area contributed by atoms with Crippen LogP contribution in [0.3, 0.4) is 0 Å². The lowest BCUT2D eigenvalue weighted by Gasteiger charge is -2.56. The molecule has 1 fully saturated rings. The number of nitrogens with zero attached hydrogens (tertiary/aromatic N) is 1. The van der Waals surface area contributed by atoms with Crippen LogP contribution in [0.5, 0.6) is 5.75 Å². The third-order valence-corrected chi connectivity index (χ3v) is 5.47. The van der Waals surface area contributed by atoms with Gasteiger partial charge in [-0.25, -0.2) is 0 Å². The molecule has 0 amide bonds. The van der Waals surface area contributed by atoms with E-state index >= 15 is 0 Å². The predicted octanol–water partition coefficient (Wildman–Crippen LogP) is 3.69. The smallest absolute Gasteiger partial charge is 0.186 e. The van der Waals surface area contributed by atoms with Gasteiger partial charge in [0, 0.05) is 18.0 Å². The van der Waals surface area contributed by atoms with Gasteiger partial charge in [-0.05, 0) is 56.6 Å². The van der Waals surface area contributed by atoms with Crippen LogP contribution >= 0.6 is 12.2 Å². The van der Waals surface area contributed by atoms with E-state index in [-0.39, 0.29) is 11.8 Å². The molecule has 2 heterocycles. The lowest BCUT2D eigenvalue weighted by atomic mass is 9.80. The number of aryl methyl sites for hydroxylation is 2. The molecular formula is C17H24N2OS. The SMILES string of the molecule is CCCN1C(=S)NC2c3cc(C)c(C)cc3OC1(C)C2C. The minimum atomic E-state index is -0.363. The van der Waals surface area contributed by atoms with Crippen molar-refractivity contribution >= 4 is 17.3 Å². The van der Waals surface area contributed by atoms with Crippen molar-refractivity contribution in [1.82, 2.24) is 10.2 Å². The van der Waals surface area contributed by atoms with Gasteiger partial charge in [0.25, 0.3) is 0 Å². The van der Waals surface area contributed by atoms with Crippen molar-refractivity contribution in [3.63, 3.8) is 0 Å². The quantitative estimate of drug-likeness (QED) is 0.842. The second kappa shape index (κ2) is 4.87. The normalized spacial score (nSPS) is 30.5. The Labute approximate surface area is 132 Å². The number of ether oxygens (including phenoxy) is 1. The summed E-state index contributed by atoms with van der Waals surface area (Å²) in [5.41, 5.74) is 3.45. The molecule has 1 aromatic carbocycles. The van der Waals surface area contributed by atoms with Crippen LogP contribution in [-0.2, 0) is 0 Å². The summed E-state index contributed by atoms with van der Waals surface area (Å²) in [4.78, 5) is 2.21. The number of hydrogen-bond donors (Lipinski definition) is 1. The van der Waals surface area contributed by atoms with Gasteiger partial charge in [0.15, 0.2) is 10.8 Å². The summed E-state index contributed by atoms with van der Waals surface area (Å²) in [6.07, 6.45) is 1.05. The van der Waals surface area contributed by atoms with Crippen LogP contribution in [0.15, 0.2) is 12.1 Å². The Morgan fingerprint density at radius 2 is 2.00 bits per heavy atom. The molecule has 2 aliphatic heterocycles. The molecule has 4 heteroatoms. The summed E-state index contributed by atoms with van der Waals surface area (Å²) < 4.78 is 6.47. The third kappa shape index (κ3) is 2.03. The fraction of sp³-hybridized carbons (Fsp3) is 0.588. The van der Waals surface area contributed by atoms with Gasteiger partial charge in [0.1, 0.15) is 5.75 Å². The average molecular weight is 304 g/mol. The second-order valence-corrected chi connectivity index (χ2v) is 6.89. The molecule has 3 nitrogen and oxygen atoms in total. The van der Waals surface area contributed by atoms with Crippen molar-refractivity contribution in [2.45, 2.75) is 52.8 Å². The molecule has 1 aromatic rings. The van der Waals surface area contributed by atoms with E-state index in [9.17, 15) is 0 Å². The Kier molecular flexibility index (Phi) is 3.40. The Morgan fingerprint density at radius 3 is 2.67 bits per heavy atom. The van der Waals surface area contributed by atoms with Gasteiger partial charge in [-0.3, -0.25) is 0 Å². The van der Waals surface area contributed by atoms with Crippen molar-refractivity contribution < 1.29 is 4.74 Å². The van der Waals surface area contributed by atoms with Gasteiger partial charge >= 0.3 is 0 Å². The van der Waals surface area contributed by atoms with E-state index in [4.69, 9.17) is 17.0 Å². The van der Waals surface area contributed by atoms with Crippen molar-refractivity contribution in [3.8, 4) is 5.75 Å². The van der Waals surface area contributed by atoms with E-state index in [1.54, 1.807) is 0 Å². The minimum absolute atomic E-state index is 0.235. The fourth-order valence-electron chi connectivity index (χ4n) is 3.50. The summed E-state index contributed by atoms with van der Waals surface area (Å²) in [7, 11) is 0. The average Bonchev–Trinajstić information content (AvgIpc) is 2.42. The molecule has 3 atom stereocenters. The first-order chi connectivity index (χ1) is 9.88. The monoisotopic (exact) mass is 304 g/mol. The highest BCUT2D eigenvalue weighted by molar-refractivity contribution is 7.80. The summed E-state index contributed by atoms with van der Waals surface area (Å²) in [5, 5.41) is 4.35. The van der Waals surface area contributed by atoms with E-state index in [1.807, 2.05) is 0 Å². The maximum Gasteiger partial charge on any atom is 0.186 e. The first kappa shape index (κ1) is 14.6. The van der Waals surface area contributed by atoms with E-state index in [0.29, 0.717) is 5.92 Å². The maximum atomic E-state index is 6.47. The Bertz CT molecular complexity index is 601. The molecule has 2 bridgehead atoms. The molecule has 0 radical (unpaired) electrons. The van der Waals surface area contributed by atoms with Crippen molar-refractivity contribution in [1.29, 1.82) is 0 Å². The number of rotatable bonds is 2. The highest BCUT2D eigenvalue weighted by Gasteiger charge is 2.52. The summed E-state index contributed by atoms with van der Waals surface area (Å²) in [6.45, 7) is 11.8. The largest absolute Gasteiger partial charge is 0.467 e. The standard InChI is InChI=1S/C17H24N2OS/c1-6-7-19-16(21)18-15-12(4)17(19,5)20-14-9-11(3)10(2)8-13(14)15/h8-9,12,15H,6-7H2,1-5H3,(H,18,21). The van der Waals surface area contributed by atoms with Gasteiger partial charge in [-0.1, -0.05) is 19.9 Å². The van der Waals surface area contributed by atoms with Gasteiger partial charge in [-0.15, -0.1) is 0 Å². The van der Waals surface area contributed by atoms with Gasteiger partial charge < -0.3 is 15.0 Å². The van der Waals surface area contributed by atoms with Crippen molar-refractivity contribution in [2.24, 2.45) is 5.92 Å². The molecule has 3 rings (SSSR count). The molecule has 1 saturated heterocycles. The minimum Gasteiger partial charge on any atom is -0.467 e. The zero-order valence-corrected chi connectivity index (χ0v) is 14.3. The van der Waals surface area contributed by atoms with Crippen LogP contribution in [0, 0.1) is 19.8 Å². The van der Waals surface area contributed by atoms with E-state index in [2.05, 4.69) is 57.0 Å². The molecule has 1 N–H and O–H groups in total. The third-order valence-electron chi connectivity index (χ3n) is 5.13. The summed E-state index contributed by atoms with van der Waals surface area (Å²) in [5.74, 6) is 1.34. The predicted molar refractivity (Wildman–Crippen MR) is 89.6 cm³/mol. The summed E-state index contributed by atoms with van der Waals surface area (Å²) >= 11 is 5.59. The topological polar surface area (TPSA) is 24.5 Å². The maximum absolute atomic E-state index is 6.47. The van der Waals surface area contributed by atoms with E-state index < -0.39 is 0 Å². The molecule has 0 saturated carbocycles. The zero-order valence-electron chi connectivity index (χ0n) is 13.5. The first-order valence-electron chi connectivity index (χ1n) is 7.76. The number of thiocarbonyl (C=S) groups is 1. The Balaban J connectivity index is 2.12. The zero-order chi connectivity index (χ0) is 15.4. The molecule has 114 valence electrons. The van der Waals surface area contributed by atoms with Crippen molar-refractivity contribution in [3.05, 3.63) is 28.8 Å². The summed E-state index contributed by atoms with van der Waals surface area (Å²) in [6, 6.07) is 4.65. The molecule has 0 aromatic heterocycles. The fourth-order valence-corrected chi connectivity index (χ4v) is 3.90. The van der Waals surface area contributed by atoms with Crippen LogP contribution in [0.2, 0.25) is 0 Å². The number of fused-ring (bicyclic) bond motifs is 4. The molecule has 21 heavy (non-hydrogen) atoms. The number of hydrogen-bond acceptors (Lipinski definition) is 2. The Hall–Kier alpha value is -1.29. The van der Waals surface area contributed by atoms with Crippen molar-refractivity contribution in [2.75, 3.05) is 6.54 Å². The van der Waals surface area contributed by atoms with Crippen LogP contribution < -0.4 is 10.1 Å². The Morgan fingerprint density at radius 1 is 1.33 bits per heavy atom. The molecule has 2 aliphatic rings. The molecule has 3 unspecified atom stereocenters. The van der Waals surface area contributed by atoms with Gasteiger partial charge in [0.05, 0.1) is 6.04 Å². The highest BCUT2D eigenvalue weighted by atomic mass is 32.1. The molecular weight excluding hydrogens is 280 g/mol. The number of nitrogens with one attached hydrogen (secondary N) is 1. The molecule has 0 aliphatic carbocycles. The lowest BCUT2D eigenvalue weighted by molar-refractivity contribution is -0.110. The molecule has 0 spiro atoms. The highest BCUT2D eigenvalue weighted by Crippen LogP contribution is 2.48. The van der Waals surface area contributed by atoms with E-state index in [0.717, 1.165) is 23.8 Å². The van der Waals surface area contributed by atoms with Crippen LogP contribution in [0.1, 0.15) is 49.9 Å². The van der Waals surface area contributed by atoms with Gasteiger partial charge in [0.2, 0.25) is 0 Å². The van der Waals surface area contributed by atoms with E-state index in [1.165, 1.54) is 16.7 Å². The number of benzene rings is 1. The lowest BCUT2D eigenvalue weighted by Crippen LogP contribution is -2.68. The van der Waals surface area contributed by atoms with Crippen LogP contribution in [0.4, 0.5) is 0 Å².